The molecule has 2 atom stereocenters. The fraction of sp³-hybridized carbons (Fsp3) is 0.455. The molecule has 1 aliphatic rings. The van der Waals surface area contributed by atoms with Crippen molar-refractivity contribution in [2.75, 3.05) is 0 Å². The van der Waals surface area contributed by atoms with Gasteiger partial charge < -0.3 is 5.11 Å². The first kappa shape index (κ1) is 9.59. The van der Waals surface area contributed by atoms with Crippen molar-refractivity contribution in [2.45, 2.75) is 31.3 Å². The smallest absolute Gasteiger partial charge is 0.159 e. The van der Waals surface area contributed by atoms with E-state index in [-0.39, 0.29) is 5.92 Å². The highest BCUT2D eigenvalue weighted by molar-refractivity contribution is 5.23. The summed E-state index contributed by atoms with van der Waals surface area (Å²) in [5, 5.41) is 9.59. The van der Waals surface area contributed by atoms with Crippen molar-refractivity contribution >= 4 is 0 Å². The highest BCUT2D eigenvalue weighted by Gasteiger charge is 2.27. The van der Waals surface area contributed by atoms with Crippen LogP contribution in [-0.4, -0.2) is 11.2 Å². The van der Waals surface area contributed by atoms with Crippen LogP contribution in [0.4, 0.5) is 8.78 Å². The molecule has 14 heavy (non-hydrogen) atoms. The second-order valence-electron chi connectivity index (χ2n) is 3.78. The van der Waals surface area contributed by atoms with Crippen LogP contribution in [0.2, 0.25) is 0 Å². The number of aliphatic hydroxyl groups excluding tert-OH is 1. The van der Waals surface area contributed by atoms with Gasteiger partial charge in [-0.1, -0.05) is 12.5 Å². The Hall–Kier alpha value is -0.960. The minimum atomic E-state index is -0.832. The summed E-state index contributed by atoms with van der Waals surface area (Å²) in [6.45, 7) is 0. The molecule has 3 heteroatoms. The Morgan fingerprint density at radius 3 is 2.50 bits per heavy atom. The Bertz CT molecular complexity index is 338. The maximum absolute atomic E-state index is 12.9. The summed E-state index contributed by atoms with van der Waals surface area (Å²) in [6.07, 6.45) is 2.15. The fourth-order valence-corrected chi connectivity index (χ4v) is 2.07. The number of rotatable bonds is 1. The first-order valence-electron chi connectivity index (χ1n) is 4.81. The van der Waals surface area contributed by atoms with Gasteiger partial charge in [0.1, 0.15) is 0 Å². The Morgan fingerprint density at radius 2 is 1.93 bits per heavy atom. The lowest BCUT2D eigenvalue weighted by atomic mass is 9.96. The summed E-state index contributed by atoms with van der Waals surface area (Å²) in [4.78, 5) is 0. The second-order valence-corrected chi connectivity index (χ2v) is 3.78. The minimum absolute atomic E-state index is 0.0231. The molecule has 1 fully saturated rings. The maximum atomic E-state index is 12.9. The number of halogens is 2. The summed E-state index contributed by atoms with van der Waals surface area (Å²) < 4.78 is 25.5. The molecular weight excluding hydrogens is 186 g/mol. The largest absolute Gasteiger partial charge is 0.392 e. The molecule has 0 radical (unpaired) electrons. The van der Waals surface area contributed by atoms with Crippen LogP contribution in [0.25, 0.3) is 0 Å². The lowest BCUT2D eigenvalue weighted by Crippen LogP contribution is -2.11. The number of benzene rings is 1. The zero-order valence-corrected chi connectivity index (χ0v) is 7.71. The number of hydrogen-bond acceptors (Lipinski definition) is 1. The van der Waals surface area contributed by atoms with Gasteiger partial charge in [0.2, 0.25) is 0 Å². The molecule has 2 rings (SSSR count). The summed E-state index contributed by atoms with van der Waals surface area (Å²) in [7, 11) is 0. The van der Waals surface area contributed by atoms with Gasteiger partial charge in [-0.2, -0.15) is 0 Å². The van der Waals surface area contributed by atoms with Crippen molar-refractivity contribution in [1.29, 1.82) is 0 Å². The molecule has 1 N–H and O–H groups in total. The van der Waals surface area contributed by atoms with Crippen molar-refractivity contribution in [3.05, 3.63) is 35.4 Å². The lowest BCUT2D eigenvalue weighted by molar-refractivity contribution is 0.163. The highest BCUT2D eigenvalue weighted by atomic mass is 19.2. The first-order valence-corrected chi connectivity index (χ1v) is 4.81. The second kappa shape index (κ2) is 3.65. The molecule has 1 nitrogen and oxygen atoms in total. The third-order valence-electron chi connectivity index (χ3n) is 2.85. The van der Waals surface area contributed by atoms with E-state index in [9.17, 15) is 13.9 Å². The van der Waals surface area contributed by atoms with Gasteiger partial charge >= 0.3 is 0 Å². The molecule has 0 heterocycles. The van der Waals surface area contributed by atoms with Crippen LogP contribution in [0.1, 0.15) is 30.7 Å². The SMILES string of the molecule is OC1CCCC1c1ccc(F)c(F)c1. The average molecular weight is 198 g/mol. The topological polar surface area (TPSA) is 20.2 Å². The van der Waals surface area contributed by atoms with Gasteiger partial charge in [-0.3, -0.25) is 0 Å². The van der Waals surface area contributed by atoms with Crippen LogP contribution in [0.5, 0.6) is 0 Å². The molecule has 2 unspecified atom stereocenters. The van der Waals surface area contributed by atoms with E-state index in [0.29, 0.717) is 5.56 Å². The molecule has 0 bridgehead atoms. The van der Waals surface area contributed by atoms with E-state index >= 15 is 0 Å². The zero-order valence-electron chi connectivity index (χ0n) is 7.71. The van der Waals surface area contributed by atoms with E-state index < -0.39 is 17.7 Å². The monoisotopic (exact) mass is 198 g/mol. The van der Waals surface area contributed by atoms with Crippen LogP contribution in [0.15, 0.2) is 18.2 Å². The van der Waals surface area contributed by atoms with E-state index in [1.165, 1.54) is 6.07 Å². The molecule has 0 amide bonds. The normalized spacial score (nSPS) is 26.8. The van der Waals surface area contributed by atoms with Crippen LogP contribution < -0.4 is 0 Å². The zero-order chi connectivity index (χ0) is 10.1. The van der Waals surface area contributed by atoms with Crippen LogP contribution in [-0.2, 0) is 0 Å². The van der Waals surface area contributed by atoms with Gasteiger partial charge in [-0.25, -0.2) is 8.78 Å². The lowest BCUT2D eigenvalue weighted by Gasteiger charge is -2.14. The highest BCUT2D eigenvalue weighted by Crippen LogP contribution is 2.34. The molecule has 0 aliphatic heterocycles. The third kappa shape index (κ3) is 1.64. The van der Waals surface area contributed by atoms with Gasteiger partial charge in [-0.15, -0.1) is 0 Å². The van der Waals surface area contributed by atoms with E-state index in [1.807, 2.05) is 0 Å². The predicted octanol–water partition coefficient (Wildman–Crippen LogP) is 2.59. The fourth-order valence-electron chi connectivity index (χ4n) is 2.07. The standard InChI is InChI=1S/C11H12F2O/c12-9-5-4-7(6-10(9)13)8-2-1-3-11(8)14/h4-6,8,11,14H,1-3H2. The average Bonchev–Trinajstić information content (AvgIpc) is 2.57. The van der Waals surface area contributed by atoms with Gasteiger partial charge in [0.25, 0.3) is 0 Å². The Morgan fingerprint density at radius 1 is 1.14 bits per heavy atom. The molecule has 1 aromatic rings. The van der Waals surface area contributed by atoms with Crippen LogP contribution in [0, 0.1) is 11.6 Å². The van der Waals surface area contributed by atoms with Gasteiger partial charge in [0.05, 0.1) is 6.10 Å². The molecule has 0 aromatic heterocycles. The Balaban J connectivity index is 2.28. The molecule has 76 valence electrons. The third-order valence-corrected chi connectivity index (χ3v) is 2.85. The quantitative estimate of drug-likeness (QED) is 0.735. The van der Waals surface area contributed by atoms with Crippen molar-refractivity contribution in [3.8, 4) is 0 Å². The molecular formula is C11H12F2O. The first-order chi connectivity index (χ1) is 6.68. The van der Waals surface area contributed by atoms with Crippen LogP contribution in [0.3, 0.4) is 0 Å². The minimum Gasteiger partial charge on any atom is -0.392 e. The predicted molar refractivity (Wildman–Crippen MR) is 49.0 cm³/mol. The summed E-state index contributed by atoms with van der Waals surface area (Å²) in [6, 6.07) is 3.86. The van der Waals surface area contributed by atoms with Gasteiger partial charge in [0.15, 0.2) is 11.6 Å². The van der Waals surface area contributed by atoms with Gasteiger partial charge in [0, 0.05) is 5.92 Å². The van der Waals surface area contributed by atoms with Crippen molar-refractivity contribution in [1.82, 2.24) is 0 Å². The van der Waals surface area contributed by atoms with Gasteiger partial charge in [-0.05, 0) is 30.5 Å². The molecule has 1 aliphatic carbocycles. The summed E-state index contributed by atoms with van der Waals surface area (Å²) >= 11 is 0. The van der Waals surface area contributed by atoms with E-state index in [0.717, 1.165) is 25.3 Å². The Kier molecular flexibility index (Phi) is 2.50. The number of hydrogen-bond donors (Lipinski definition) is 1. The maximum Gasteiger partial charge on any atom is 0.159 e. The number of aliphatic hydroxyl groups is 1. The van der Waals surface area contributed by atoms with Crippen LogP contribution >= 0.6 is 0 Å². The van der Waals surface area contributed by atoms with E-state index in [1.54, 1.807) is 6.07 Å². The molecule has 0 spiro atoms. The van der Waals surface area contributed by atoms with Crippen molar-refractivity contribution in [3.63, 3.8) is 0 Å². The van der Waals surface area contributed by atoms with E-state index in [2.05, 4.69) is 0 Å². The summed E-state index contributed by atoms with van der Waals surface area (Å²) in [5.74, 6) is -1.69. The Labute approximate surface area is 81.4 Å². The summed E-state index contributed by atoms with van der Waals surface area (Å²) in [5.41, 5.74) is 0.703. The van der Waals surface area contributed by atoms with E-state index in [4.69, 9.17) is 0 Å². The molecule has 0 saturated heterocycles. The molecule has 1 aromatic carbocycles. The molecule has 1 saturated carbocycles. The van der Waals surface area contributed by atoms with Crippen molar-refractivity contribution in [2.24, 2.45) is 0 Å². The van der Waals surface area contributed by atoms with Crippen molar-refractivity contribution < 1.29 is 13.9 Å².